The number of carbonyl (C=O) groups excluding carboxylic acids is 1. The molecule has 2 N–H and O–H groups in total. The summed E-state index contributed by atoms with van der Waals surface area (Å²) in [5.74, 6) is 0. The van der Waals surface area contributed by atoms with Crippen molar-refractivity contribution in [3.05, 3.63) is 18.2 Å². The summed E-state index contributed by atoms with van der Waals surface area (Å²) in [5.41, 5.74) is 3.30. The Kier molecular flexibility index (Phi) is 5.26. The quantitative estimate of drug-likeness (QED) is 0.875. The number of hydrogen-bond acceptors (Lipinski definition) is 3. The zero-order valence-corrected chi connectivity index (χ0v) is 14.1. The molecule has 5 heteroatoms. The van der Waals surface area contributed by atoms with E-state index in [1.807, 2.05) is 0 Å². The predicted molar refractivity (Wildman–Crippen MR) is 96.6 cm³/mol. The van der Waals surface area contributed by atoms with Gasteiger partial charge in [-0.15, -0.1) is 0 Å². The van der Waals surface area contributed by atoms with Crippen LogP contribution in [0.15, 0.2) is 18.2 Å². The molecular weight excluding hydrogens is 288 g/mol. The summed E-state index contributed by atoms with van der Waals surface area (Å²) >= 11 is 0. The molecule has 2 saturated heterocycles. The molecule has 0 atom stereocenters. The lowest BCUT2D eigenvalue weighted by atomic mass is 10.2. The normalized spacial score (nSPS) is 17.6. The van der Waals surface area contributed by atoms with E-state index in [1.54, 1.807) is 0 Å². The Labute approximate surface area is 139 Å². The van der Waals surface area contributed by atoms with E-state index in [1.165, 1.54) is 31.4 Å². The van der Waals surface area contributed by atoms with Gasteiger partial charge in [0.1, 0.15) is 0 Å². The van der Waals surface area contributed by atoms with Crippen LogP contribution >= 0.6 is 0 Å². The van der Waals surface area contributed by atoms with Crippen LogP contribution in [-0.2, 0) is 0 Å². The maximum absolute atomic E-state index is 12.1. The Morgan fingerprint density at radius 3 is 2.35 bits per heavy atom. The van der Waals surface area contributed by atoms with Crippen molar-refractivity contribution in [2.45, 2.75) is 39.0 Å². The first-order valence-electron chi connectivity index (χ1n) is 8.96. The molecule has 2 amide bonds. The Balaban J connectivity index is 1.81. The van der Waals surface area contributed by atoms with E-state index in [4.69, 9.17) is 0 Å². The minimum absolute atomic E-state index is 0.106. The molecule has 2 heterocycles. The number of nitrogens with one attached hydrogen (secondary N) is 2. The van der Waals surface area contributed by atoms with Gasteiger partial charge in [-0.05, 0) is 50.3 Å². The molecule has 2 fully saturated rings. The van der Waals surface area contributed by atoms with Crippen molar-refractivity contribution < 1.29 is 4.79 Å². The highest BCUT2D eigenvalue weighted by Gasteiger charge is 2.19. The standard InChI is InChI=1S/C18H28N4O/c1-2-9-19-18(23)20-16-14-15(21-10-3-4-11-21)7-8-17(16)22-12-5-6-13-22/h7-8,14H,2-6,9-13H2,1H3,(H2,19,20,23). The van der Waals surface area contributed by atoms with Gasteiger partial charge in [-0.1, -0.05) is 6.92 Å². The summed E-state index contributed by atoms with van der Waals surface area (Å²) in [6, 6.07) is 6.42. The highest BCUT2D eigenvalue weighted by molar-refractivity contribution is 5.94. The molecule has 0 spiro atoms. The molecule has 0 bridgehead atoms. The molecule has 0 aliphatic carbocycles. The predicted octanol–water partition coefficient (Wildman–Crippen LogP) is 3.42. The number of nitrogens with zero attached hydrogens (tertiary/aromatic N) is 2. The fourth-order valence-corrected chi connectivity index (χ4v) is 3.44. The van der Waals surface area contributed by atoms with Gasteiger partial charge in [-0.2, -0.15) is 0 Å². The zero-order chi connectivity index (χ0) is 16.1. The third kappa shape index (κ3) is 3.89. The number of anilines is 3. The first-order valence-corrected chi connectivity index (χ1v) is 8.96. The summed E-state index contributed by atoms with van der Waals surface area (Å²) in [4.78, 5) is 16.9. The van der Waals surface area contributed by atoms with Crippen LogP contribution in [0.2, 0.25) is 0 Å². The van der Waals surface area contributed by atoms with Crippen LogP contribution in [0.4, 0.5) is 21.9 Å². The van der Waals surface area contributed by atoms with Gasteiger partial charge in [-0.25, -0.2) is 4.79 Å². The molecule has 23 heavy (non-hydrogen) atoms. The van der Waals surface area contributed by atoms with Crippen LogP contribution in [0.3, 0.4) is 0 Å². The van der Waals surface area contributed by atoms with E-state index in [0.717, 1.165) is 44.0 Å². The lowest BCUT2D eigenvalue weighted by Gasteiger charge is -2.25. The molecule has 1 aromatic carbocycles. The van der Waals surface area contributed by atoms with Crippen LogP contribution in [0.1, 0.15) is 39.0 Å². The van der Waals surface area contributed by atoms with Gasteiger partial charge >= 0.3 is 6.03 Å². The van der Waals surface area contributed by atoms with Crippen LogP contribution in [-0.4, -0.2) is 38.8 Å². The van der Waals surface area contributed by atoms with Gasteiger partial charge in [-0.3, -0.25) is 0 Å². The van der Waals surface area contributed by atoms with E-state index in [-0.39, 0.29) is 6.03 Å². The average molecular weight is 316 g/mol. The van der Waals surface area contributed by atoms with Gasteiger partial charge < -0.3 is 20.4 Å². The van der Waals surface area contributed by atoms with Crippen LogP contribution in [0.25, 0.3) is 0 Å². The largest absolute Gasteiger partial charge is 0.371 e. The Morgan fingerprint density at radius 2 is 1.70 bits per heavy atom. The molecular formula is C18H28N4O. The number of urea groups is 1. The van der Waals surface area contributed by atoms with E-state index in [0.29, 0.717) is 6.54 Å². The van der Waals surface area contributed by atoms with Gasteiger partial charge in [0.2, 0.25) is 0 Å². The summed E-state index contributed by atoms with van der Waals surface area (Å²) in [6.45, 7) is 7.15. The van der Waals surface area contributed by atoms with Crippen molar-refractivity contribution in [1.82, 2.24) is 5.32 Å². The minimum Gasteiger partial charge on any atom is -0.371 e. The summed E-state index contributed by atoms with van der Waals surface area (Å²) in [7, 11) is 0. The molecule has 0 radical (unpaired) electrons. The second kappa shape index (κ2) is 7.57. The average Bonchev–Trinajstić information content (AvgIpc) is 3.26. The third-order valence-electron chi connectivity index (χ3n) is 4.68. The third-order valence-corrected chi connectivity index (χ3v) is 4.68. The summed E-state index contributed by atoms with van der Waals surface area (Å²) < 4.78 is 0. The second-order valence-electron chi connectivity index (χ2n) is 6.47. The van der Waals surface area contributed by atoms with E-state index >= 15 is 0 Å². The Morgan fingerprint density at radius 1 is 1.04 bits per heavy atom. The smallest absolute Gasteiger partial charge is 0.319 e. The first kappa shape index (κ1) is 16.0. The number of amides is 2. The van der Waals surface area contributed by atoms with Crippen molar-refractivity contribution in [2.24, 2.45) is 0 Å². The molecule has 3 rings (SSSR count). The topological polar surface area (TPSA) is 47.6 Å². The second-order valence-corrected chi connectivity index (χ2v) is 6.47. The number of benzene rings is 1. The van der Waals surface area contributed by atoms with Gasteiger partial charge in [0.25, 0.3) is 0 Å². The van der Waals surface area contributed by atoms with Gasteiger partial charge in [0, 0.05) is 38.4 Å². The van der Waals surface area contributed by atoms with Gasteiger partial charge in [0.05, 0.1) is 11.4 Å². The zero-order valence-electron chi connectivity index (χ0n) is 14.1. The van der Waals surface area contributed by atoms with Crippen molar-refractivity contribution in [1.29, 1.82) is 0 Å². The molecule has 0 unspecified atom stereocenters. The first-order chi connectivity index (χ1) is 11.3. The van der Waals surface area contributed by atoms with Crippen molar-refractivity contribution in [3.8, 4) is 0 Å². The number of hydrogen-bond donors (Lipinski definition) is 2. The fourth-order valence-electron chi connectivity index (χ4n) is 3.44. The SMILES string of the molecule is CCCNC(=O)Nc1cc(N2CCCC2)ccc1N1CCCC1. The molecule has 0 aromatic heterocycles. The van der Waals surface area contributed by atoms with Crippen LogP contribution in [0, 0.1) is 0 Å². The summed E-state index contributed by atoms with van der Waals surface area (Å²) in [6.07, 6.45) is 5.92. The monoisotopic (exact) mass is 316 g/mol. The van der Waals surface area contributed by atoms with E-state index in [2.05, 4.69) is 45.6 Å². The summed E-state index contributed by atoms with van der Waals surface area (Å²) in [5, 5.41) is 5.97. The number of rotatable bonds is 5. The highest BCUT2D eigenvalue weighted by atomic mass is 16.2. The van der Waals surface area contributed by atoms with Crippen LogP contribution < -0.4 is 20.4 Å². The van der Waals surface area contributed by atoms with E-state index < -0.39 is 0 Å². The van der Waals surface area contributed by atoms with Crippen molar-refractivity contribution >= 4 is 23.1 Å². The minimum atomic E-state index is -0.106. The van der Waals surface area contributed by atoms with E-state index in [9.17, 15) is 4.79 Å². The Hall–Kier alpha value is -1.91. The molecule has 1 aromatic rings. The Bertz CT molecular complexity index is 534. The molecule has 0 saturated carbocycles. The number of carbonyl (C=O) groups is 1. The van der Waals surface area contributed by atoms with Gasteiger partial charge in [0.15, 0.2) is 0 Å². The van der Waals surface area contributed by atoms with Crippen LogP contribution in [0.5, 0.6) is 0 Å². The molecule has 5 nitrogen and oxygen atoms in total. The van der Waals surface area contributed by atoms with Crippen molar-refractivity contribution in [3.63, 3.8) is 0 Å². The molecule has 126 valence electrons. The van der Waals surface area contributed by atoms with Crippen molar-refractivity contribution in [2.75, 3.05) is 47.8 Å². The maximum Gasteiger partial charge on any atom is 0.319 e. The maximum atomic E-state index is 12.1. The lowest BCUT2D eigenvalue weighted by molar-refractivity contribution is 0.252. The molecule has 2 aliphatic heterocycles. The lowest BCUT2D eigenvalue weighted by Crippen LogP contribution is -2.30. The molecule has 2 aliphatic rings. The highest BCUT2D eigenvalue weighted by Crippen LogP contribution is 2.33. The fraction of sp³-hybridized carbons (Fsp3) is 0.611.